The zero-order valence-corrected chi connectivity index (χ0v) is 14.4. The maximum absolute atomic E-state index is 13.5. The van der Waals surface area contributed by atoms with Gasteiger partial charge < -0.3 is 5.32 Å². The topological polar surface area (TPSA) is 64.0 Å². The van der Waals surface area contributed by atoms with E-state index in [0.29, 0.717) is 20.9 Å². The molecule has 0 bridgehead atoms. The summed E-state index contributed by atoms with van der Waals surface area (Å²) in [6.45, 7) is 0.127. The van der Waals surface area contributed by atoms with E-state index in [-0.39, 0.29) is 29.6 Å². The minimum Gasteiger partial charge on any atom is -0.351 e. The lowest BCUT2D eigenvalue weighted by molar-refractivity contribution is -0.118. The van der Waals surface area contributed by atoms with Crippen LogP contribution in [0.1, 0.15) is 5.56 Å². The van der Waals surface area contributed by atoms with Crippen LogP contribution in [0.15, 0.2) is 45.7 Å². The average molecular weight is 363 g/mol. The number of thiophene rings is 1. The van der Waals surface area contributed by atoms with Crippen molar-refractivity contribution in [2.75, 3.05) is 5.75 Å². The van der Waals surface area contributed by atoms with E-state index in [1.165, 1.54) is 33.7 Å². The lowest BCUT2D eigenvalue weighted by Gasteiger charge is -2.08. The third-order valence-electron chi connectivity index (χ3n) is 3.43. The summed E-state index contributed by atoms with van der Waals surface area (Å²) in [5, 5.41) is 5.54. The van der Waals surface area contributed by atoms with E-state index in [9.17, 15) is 14.0 Å². The number of nitrogens with one attached hydrogen (secondary N) is 1. The number of rotatable bonds is 5. The fourth-order valence-electron chi connectivity index (χ4n) is 2.13. The van der Waals surface area contributed by atoms with E-state index in [1.807, 2.05) is 5.38 Å². The Balaban J connectivity index is 1.63. The van der Waals surface area contributed by atoms with Gasteiger partial charge in [0.2, 0.25) is 5.91 Å². The number of nitrogens with zero attached hydrogens (tertiary/aromatic N) is 2. The standard InChI is InChI=1S/C16H14FN3O2S2/c1-20-15(22)11-6-7-23-14(11)19-16(20)24-9-13(21)18-8-10-4-2-3-5-12(10)17/h2-7H,8-9H2,1H3,(H,18,21). The van der Waals surface area contributed by atoms with Gasteiger partial charge in [-0.1, -0.05) is 30.0 Å². The fourth-order valence-corrected chi connectivity index (χ4v) is 3.73. The molecular formula is C16H14FN3O2S2. The summed E-state index contributed by atoms with van der Waals surface area (Å²) < 4.78 is 14.9. The second-order valence-corrected chi connectivity index (χ2v) is 6.89. The molecule has 0 fully saturated rings. The average Bonchev–Trinajstić information content (AvgIpc) is 3.04. The summed E-state index contributed by atoms with van der Waals surface area (Å²) >= 11 is 2.57. The van der Waals surface area contributed by atoms with Crippen LogP contribution in [0.3, 0.4) is 0 Å². The van der Waals surface area contributed by atoms with Gasteiger partial charge in [0.1, 0.15) is 10.6 Å². The van der Waals surface area contributed by atoms with Crippen LogP contribution >= 0.6 is 23.1 Å². The summed E-state index contributed by atoms with van der Waals surface area (Å²) in [5.74, 6) is -0.493. The monoisotopic (exact) mass is 363 g/mol. The van der Waals surface area contributed by atoms with Crippen molar-refractivity contribution in [3.05, 3.63) is 57.4 Å². The van der Waals surface area contributed by atoms with Crippen molar-refractivity contribution in [1.29, 1.82) is 0 Å². The van der Waals surface area contributed by atoms with Gasteiger partial charge in [0.25, 0.3) is 5.56 Å². The highest BCUT2D eigenvalue weighted by Gasteiger charge is 2.12. The second-order valence-electron chi connectivity index (χ2n) is 5.05. The molecule has 0 saturated carbocycles. The molecule has 24 heavy (non-hydrogen) atoms. The second kappa shape index (κ2) is 7.14. The number of thioether (sulfide) groups is 1. The largest absolute Gasteiger partial charge is 0.351 e. The molecule has 3 aromatic rings. The van der Waals surface area contributed by atoms with Crippen molar-refractivity contribution in [1.82, 2.24) is 14.9 Å². The summed E-state index contributed by atoms with van der Waals surface area (Å²) in [6, 6.07) is 8.04. The first-order valence-electron chi connectivity index (χ1n) is 7.13. The Hall–Kier alpha value is -2.19. The molecule has 124 valence electrons. The number of hydrogen-bond acceptors (Lipinski definition) is 5. The van der Waals surface area contributed by atoms with Crippen molar-refractivity contribution in [2.24, 2.45) is 7.05 Å². The number of amides is 1. The normalized spacial score (nSPS) is 10.9. The lowest BCUT2D eigenvalue weighted by Crippen LogP contribution is -2.26. The van der Waals surface area contributed by atoms with Crippen LogP contribution in [0.25, 0.3) is 10.2 Å². The van der Waals surface area contributed by atoms with Crippen LogP contribution < -0.4 is 10.9 Å². The van der Waals surface area contributed by atoms with Gasteiger partial charge in [-0.05, 0) is 17.5 Å². The van der Waals surface area contributed by atoms with Gasteiger partial charge in [-0.3, -0.25) is 14.2 Å². The van der Waals surface area contributed by atoms with E-state index in [0.717, 1.165) is 0 Å². The molecule has 5 nitrogen and oxygen atoms in total. The van der Waals surface area contributed by atoms with Crippen molar-refractivity contribution in [3.63, 3.8) is 0 Å². The first-order valence-corrected chi connectivity index (χ1v) is 9.00. The number of carbonyl (C=O) groups is 1. The summed E-state index contributed by atoms with van der Waals surface area (Å²) in [6.07, 6.45) is 0. The third-order valence-corrected chi connectivity index (χ3v) is 5.27. The van der Waals surface area contributed by atoms with Gasteiger partial charge in [-0.2, -0.15) is 0 Å². The number of halogens is 1. The summed E-state index contributed by atoms with van der Waals surface area (Å²) in [4.78, 5) is 29.2. The molecule has 0 aliphatic carbocycles. The minimum absolute atomic E-state index is 0.103. The Morgan fingerprint density at radius 2 is 2.17 bits per heavy atom. The first-order chi connectivity index (χ1) is 11.6. The minimum atomic E-state index is -0.349. The molecule has 0 radical (unpaired) electrons. The molecular weight excluding hydrogens is 349 g/mol. The third kappa shape index (κ3) is 3.49. The molecule has 3 rings (SSSR count). The fraction of sp³-hybridized carbons (Fsp3) is 0.188. The Labute approximate surface area is 145 Å². The summed E-state index contributed by atoms with van der Waals surface area (Å²) in [7, 11) is 1.63. The van der Waals surface area contributed by atoms with Gasteiger partial charge in [-0.15, -0.1) is 11.3 Å². The van der Waals surface area contributed by atoms with E-state index in [4.69, 9.17) is 0 Å². The zero-order valence-electron chi connectivity index (χ0n) is 12.8. The predicted octanol–water partition coefficient (Wildman–Crippen LogP) is 2.54. The maximum atomic E-state index is 13.5. The molecule has 0 aliphatic rings. The molecule has 0 saturated heterocycles. The van der Waals surface area contributed by atoms with Crippen molar-refractivity contribution >= 4 is 39.2 Å². The number of hydrogen-bond donors (Lipinski definition) is 1. The van der Waals surface area contributed by atoms with Crippen molar-refractivity contribution in [2.45, 2.75) is 11.7 Å². The van der Waals surface area contributed by atoms with Gasteiger partial charge in [0, 0.05) is 19.2 Å². The van der Waals surface area contributed by atoms with Crippen LogP contribution in [-0.2, 0) is 18.4 Å². The molecule has 0 atom stereocenters. The van der Waals surface area contributed by atoms with E-state index in [2.05, 4.69) is 10.3 Å². The first kappa shape index (κ1) is 16.7. The van der Waals surface area contributed by atoms with E-state index >= 15 is 0 Å². The van der Waals surface area contributed by atoms with Crippen molar-refractivity contribution < 1.29 is 9.18 Å². The number of carbonyl (C=O) groups excluding carboxylic acids is 1. The maximum Gasteiger partial charge on any atom is 0.262 e. The number of fused-ring (bicyclic) bond motifs is 1. The highest BCUT2D eigenvalue weighted by Crippen LogP contribution is 2.20. The quantitative estimate of drug-likeness (QED) is 0.559. The van der Waals surface area contributed by atoms with Gasteiger partial charge in [-0.25, -0.2) is 9.37 Å². The molecule has 1 amide bonds. The van der Waals surface area contributed by atoms with E-state index < -0.39 is 0 Å². The van der Waals surface area contributed by atoms with Crippen LogP contribution in [0.5, 0.6) is 0 Å². The van der Waals surface area contributed by atoms with Crippen LogP contribution in [0.2, 0.25) is 0 Å². The SMILES string of the molecule is Cn1c(SCC(=O)NCc2ccccc2F)nc2sccc2c1=O. The molecule has 8 heteroatoms. The van der Waals surface area contributed by atoms with Crippen molar-refractivity contribution in [3.8, 4) is 0 Å². The van der Waals surface area contributed by atoms with E-state index in [1.54, 1.807) is 31.3 Å². The van der Waals surface area contributed by atoms with Gasteiger partial charge in [0.15, 0.2) is 5.16 Å². The highest BCUT2D eigenvalue weighted by atomic mass is 32.2. The van der Waals surface area contributed by atoms with Crippen LogP contribution in [0, 0.1) is 5.82 Å². The predicted molar refractivity (Wildman–Crippen MR) is 93.8 cm³/mol. The molecule has 2 aromatic heterocycles. The summed E-state index contributed by atoms with van der Waals surface area (Å²) in [5.41, 5.74) is 0.303. The molecule has 0 unspecified atom stereocenters. The zero-order chi connectivity index (χ0) is 17.1. The van der Waals surface area contributed by atoms with Crippen LogP contribution in [0.4, 0.5) is 4.39 Å². The Morgan fingerprint density at radius 3 is 2.96 bits per heavy atom. The van der Waals surface area contributed by atoms with Gasteiger partial charge in [0.05, 0.1) is 11.1 Å². The molecule has 1 N–H and O–H groups in total. The Bertz CT molecular complexity index is 952. The molecule has 2 heterocycles. The highest BCUT2D eigenvalue weighted by molar-refractivity contribution is 7.99. The Morgan fingerprint density at radius 1 is 1.38 bits per heavy atom. The van der Waals surface area contributed by atoms with Gasteiger partial charge >= 0.3 is 0 Å². The lowest BCUT2D eigenvalue weighted by atomic mass is 10.2. The Kier molecular flexibility index (Phi) is 4.96. The number of aromatic nitrogens is 2. The molecule has 1 aromatic carbocycles. The molecule has 0 aliphatic heterocycles. The number of benzene rings is 1. The molecule has 0 spiro atoms. The smallest absolute Gasteiger partial charge is 0.262 e. The van der Waals surface area contributed by atoms with Crippen LogP contribution in [-0.4, -0.2) is 21.2 Å².